The highest BCUT2D eigenvalue weighted by molar-refractivity contribution is 6.34. The number of carboxylic acid groups (broad SMARTS) is 1. The van der Waals surface area contributed by atoms with Gasteiger partial charge in [-0.25, -0.2) is 0 Å². The van der Waals surface area contributed by atoms with Crippen molar-refractivity contribution < 1.29 is 9.90 Å². The molecule has 0 saturated carbocycles. The molecule has 1 aromatic heterocycles. The quantitative estimate of drug-likeness (QED) is 0.828. The van der Waals surface area contributed by atoms with Gasteiger partial charge >= 0.3 is 5.97 Å². The fraction of sp³-hybridized carbons (Fsp3) is 0.200. The van der Waals surface area contributed by atoms with Gasteiger partial charge in [0.15, 0.2) is 5.15 Å². The van der Waals surface area contributed by atoms with Crippen LogP contribution >= 0.6 is 11.6 Å². The maximum absolute atomic E-state index is 10.9. The van der Waals surface area contributed by atoms with Crippen LogP contribution in [0.1, 0.15) is 11.6 Å². The van der Waals surface area contributed by atoms with Crippen LogP contribution < -0.4 is 5.73 Å². The summed E-state index contributed by atoms with van der Waals surface area (Å²) in [5, 5.41) is 14.0. The van der Waals surface area contributed by atoms with E-state index in [2.05, 4.69) is 5.10 Å². The highest BCUT2D eigenvalue weighted by atomic mass is 35.5. The number of carboxylic acids is 1. The second kappa shape index (κ2) is 3.77. The largest absolute Gasteiger partial charge is 0.480 e. The van der Waals surface area contributed by atoms with E-state index in [9.17, 15) is 4.79 Å². The summed E-state index contributed by atoms with van der Waals surface area (Å²) < 4.78 is 1.54. The number of fused-ring (bicyclic) bond motifs is 1. The highest BCUT2D eigenvalue weighted by Gasteiger charge is 2.20. The molecule has 0 saturated heterocycles. The van der Waals surface area contributed by atoms with E-state index < -0.39 is 12.0 Å². The Balaban J connectivity index is 2.75. The second-order valence-electron chi connectivity index (χ2n) is 3.47. The zero-order chi connectivity index (χ0) is 11.9. The van der Waals surface area contributed by atoms with Crippen molar-refractivity contribution in [2.45, 2.75) is 6.04 Å². The summed E-state index contributed by atoms with van der Waals surface area (Å²) in [7, 11) is 1.70. The highest BCUT2D eigenvalue weighted by Crippen LogP contribution is 2.27. The Hall–Kier alpha value is -1.59. The van der Waals surface area contributed by atoms with Crippen molar-refractivity contribution in [1.82, 2.24) is 9.78 Å². The predicted octanol–water partition coefficient (Wildman–Crippen LogP) is 1.31. The van der Waals surface area contributed by atoms with Crippen molar-refractivity contribution in [2.75, 3.05) is 0 Å². The molecule has 1 unspecified atom stereocenters. The number of aromatic nitrogens is 2. The SMILES string of the molecule is Cn1nc(Cl)c2cccc(C(N)C(=O)O)c21. The Morgan fingerprint density at radius 3 is 2.94 bits per heavy atom. The lowest BCUT2D eigenvalue weighted by molar-refractivity contribution is -0.138. The molecule has 5 nitrogen and oxygen atoms in total. The van der Waals surface area contributed by atoms with Gasteiger partial charge in [0.25, 0.3) is 0 Å². The molecule has 1 heterocycles. The van der Waals surface area contributed by atoms with E-state index in [1.54, 1.807) is 25.2 Å². The molecule has 2 rings (SSSR count). The van der Waals surface area contributed by atoms with Crippen molar-refractivity contribution in [3.05, 3.63) is 28.9 Å². The molecule has 3 N–H and O–H groups in total. The van der Waals surface area contributed by atoms with Crippen LogP contribution in [0.5, 0.6) is 0 Å². The van der Waals surface area contributed by atoms with Gasteiger partial charge in [0.1, 0.15) is 6.04 Å². The number of aryl methyl sites for hydroxylation is 1. The van der Waals surface area contributed by atoms with Crippen molar-refractivity contribution in [2.24, 2.45) is 12.8 Å². The van der Waals surface area contributed by atoms with Crippen LogP contribution in [-0.4, -0.2) is 20.9 Å². The average Bonchev–Trinajstić information content (AvgIpc) is 2.54. The van der Waals surface area contributed by atoms with Crippen molar-refractivity contribution in [3.8, 4) is 0 Å². The standard InChI is InChI=1S/C10H10ClN3O2/c1-14-8-5(7(12)10(15)16)3-2-4-6(8)9(11)13-14/h2-4,7H,12H2,1H3,(H,15,16). The molecule has 84 valence electrons. The molecule has 1 aromatic carbocycles. The van der Waals surface area contributed by atoms with Gasteiger partial charge < -0.3 is 10.8 Å². The first-order chi connectivity index (χ1) is 7.52. The molecule has 16 heavy (non-hydrogen) atoms. The Morgan fingerprint density at radius 2 is 2.31 bits per heavy atom. The van der Waals surface area contributed by atoms with Crippen molar-refractivity contribution >= 4 is 28.5 Å². The van der Waals surface area contributed by atoms with Crippen molar-refractivity contribution in [3.63, 3.8) is 0 Å². The van der Waals surface area contributed by atoms with Gasteiger partial charge in [-0.15, -0.1) is 0 Å². The number of hydrogen-bond acceptors (Lipinski definition) is 3. The molecule has 6 heteroatoms. The first kappa shape index (κ1) is 10.9. The number of rotatable bonds is 2. The Morgan fingerprint density at radius 1 is 1.62 bits per heavy atom. The topological polar surface area (TPSA) is 81.1 Å². The van der Waals surface area contributed by atoms with Crippen LogP contribution in [0.4, 0.5) is 0 Å². The van der Waals surface area contributed by atoms with E-state index in [-0.39, 0.29) is 0 Å². The molecule has 0 aliphatic carbocycles. The number of carbonyl (C=O) groups is 1. The molecule has 2 aromatic rings. The molecular formula is C10H10ClN3O2. The Labute approximate surface area is 96.4 Å². The smallest absolute Gasteiger partial charge is 0.325 e. The van der Waals surface area contributed by atoms with Gasteiger partial charge in [-0.1, -0.05) is 23.7 Å². The monoisotopic (exact) mass is 239 g/mol. The zero-order valence-electron chi connectivity index (χ0n) is 8.51. The Kier molecular flexibility index (Phi) is 2.57. The summed E-state index contributed by atoms with van der Waals surface area (Å²) in [5.41, 5.74) is 6.76. The maximum Gasteiger partial charge on any atom is 0.325 e. The van der Waals surface area contributed by atoms with Crippen LogP contribution in [0, 0.1) is 0 Å². The van der Waals surface area contributed by atoms with Gasteiger partial charge in [-0.3, -0.25) is 9.48 Å². The van der Waals surface area contributed by atoms with E-state index in [4.69, 9.17) is 22.4 Å². The van der Waals surface area contributed by atoms with Crippen LogP contribution in [0.25, 0.3) is 10.9 Å². The van der Waals surface area contributed by atoms with E-state index in [1.165, 1.54) is 4.68 Å². The third-order valence-electron chi connectivity index (χ3n) is 2.45. The predicted molar refractivity (Wildman–Crippen MR) is 60.3 cm³/mol. The summed E-state index contributed by atoms with van der Waals surface area (Å²) >= 11 is 5.91. The number of benzene rings is 1. The number of aliphatic carboxylic acids is 1. The normalized spacial score (nSPS) is 12.9. The first-order valence-corrected chi connectivity index (χ1v) is 4.99. The van der Waals surface area contributed by atoms with Gasteiger partial charge in [-0.2, -0.15) is 5.10 Å². The van der Waals surface area contributed by atoms with Crippen LogP contribution in [0.3, 0.4) is 0 Å². The molecular weight excluding hydrogens is 230 g/mol. The summed E-state index contributed by atoms with van der Waals surface area (Å²) in [6.45, 7) is 0. The molecule has 0 amide bonds. The molecule has 0 radical (unpaired) electrons. The van der Waals surface area contributed by atoms with Crippen LogP contribution in [-0.2, 0) is 11.8 Å². The minimum Gasteiger partial charge on any atom is -0.480 e. The molecule has 0 aliphatic heterocycles. The summed E-state index contributed by atoms with van der Waals surface area (Å²) in [6.07, 6.45) is 0. The summed E-state index contributed by atoms with van der Waals surface area (Å²) in [6, 6.07) is 4.09. The van der Waals surface area contributed by atoms with Crippen LogP contribution in [0.15, 0.2) is 18.2 Å². The lowest BCUT2D eigenvalue weighted by atomic mass is 10.0. The fourth-order valence-corrected chi connectivity index (χ4v) is 1.97. The van der Waals surface area contributed by atoms with Crippen LogP contribution in [0.2, 0.25) is 5.15 Å². The van der Waals surface area contributed by atoms with Gasteiger partial charge in [0, 0.05) is 18.0 Å². The average molecular weight is 240 g/mol. The minimum absolute atomic E-state index is 0.344. The molecule has 0 aliphatic rings. The second-order valence-corrected chi connectivity index (χ2v) is 3.83. The molecule has 0 fully saturated rings. The molecule has 1 atom stereocenters. The summed E-state index contributed by atoms with van der Waals surface area (Å²) in [4.78, 5) is 10.9. The number of hydrogen-bond donors (Lipinski definition) is 2. The number of para-hydroxylation sites is 1. The van der Waals surface area contributed by atoms with E-state index in [0.717, 1.165) is 0 Å². The van der Waals surface area contributed by atoms with E-state index >= 15 is 0 Å². The molecule has 0 spiro atoms. The summed E-state index contributed by atoms with van der Waals surface area (Å²) in [5.74, 6) is -1.08. The lowest BCUT2D eigenvalue weighted by Gasteiger charge is -2.08. The van der Waals surface area contributed by atoms with Gasteiger partial charge in [-0.05, 0) is 6.07 Å². The Bertz CT molecular complexity index is 564. The number of nitrogens with zero attached hydrogens (tertiary/aromatic N) is 2. The lowest BCUT2D eigenvalue weighted by Crippen LogP contribution is -2.21. The van der Waals surface area contributed by atoms with Gasteiger partial charge in [0.2, 0.25) is 0 Å². The minimum atomic E-state index is -1.08. The van der Waals surface area contributed by atoms with Gasteiger partial charge in [0.05, 0.1) is 5.52 Å². The van der Waals surface area contributed by atoms with Crippen molar-refractivity contribution in [1.29, 1.82) is 0 Å². The third kappa shape index (κ3) is 1.54. The van der Waals surface area contributed by atoms with E-state index in [0.29, 0.717) is 21.6 Å². The van der Waals surface area contributed by atoms with E-state index in [1.807, 2.05) is 0 Å². The number of halogens is 1. The molecule has 0 bridgehead atoms. The zero-order valence-corrected chi connectivity index (χ0v) is 9.27. The fourth-order valence-electron chi connectivity index (χ4n) is 1.71. The third-order valence-corrected chi connectivity index (χ3v) is 2.73. The number of nitrogens with two attached hydrogens (primary N) is 1. The maximum atomic E-state index is 10.9. The first-order valence-electron chi connectivity index (χ1n) is 4.62.